The van der Waals surface area contributed by atoms with Gasteiger partial charge in [0.1, 0.15) is 5.60 Å². The molecule has 1 fully saturated rings. The largest absolute Gasteiger partial charge is 0.444 e. The first-order valence-electron chi connectivity index (χ1n) is 9.23. The van der Waals surface area contributed by atoms with Gasteiger partial charge >= 0.3 is 6.09 Å². The molecule has 0 atom stereocenters. The molecule has 1 aliphatic carbocycles. The number of ether oxygens (including phenoxy) is 1. The summed E-state index contributed by atoms with van der Waals surface area (Å²) in [5.41, 5.74) is 2.89. The van der Waals surface area contributed by atoms with E-state index in [0.717, 1.165) is 47.8 Å². The molecule has 4 rings (SSSR count). The van der Waals surface area contributed by atoms with E-state index in [4.69, 9.17) is 4.74 Å². The van der Waals surface area contributed by atoms with Crippen LogP contribution in [0.15, 0.2) is 12.4 Å². The molecule has 2 aliphatic rings. The van der Waals surface area contributed by atoms with Gasteiger partial charge in [0.05, 0.1) is 12.1 Å². The Hall–Kier alpha value is -1.00. The molecule has 6 nitrogen and oxygen atoms in total. The zero-order valence-corrected chi connectivity index (χ0v) is 18.8. The summed E-state index contributed by atoms with van der Waals surface area (Å²) in [6.45, 7) is 6.74. The highest BCUT2D eigenvalue weighted by Crippen LogP contribution is 2.46. The quantitative estimate of drug-likeness (QED) is 0.612. The lowest BCUT2D eigenvalue weighted by Gasteiger charge is -2.37. The predicted octanol–water partition coefficient (Wildman–Crippen LogP) is 4.55. The zero-order chi connectivity index (χ0) is 19.4. The molecule has 1 saturated carbocycles. The van der Waals surface area contributed by atoms with Crippen molar-refractivity contribution >= 4 is 47.5 Å². The van der Waals surface area contributed by atoms with Crippen molar-refractivity contribution in [1.82, 2.24) is 13.9 Å². The first kappa shape index (κ1) is 19.3. The topological polar surface area (TPSA) is 67.6 Å². The minimum Gasteiger partial charge on any atom is -0.444 e. The molecule has 2 aromatic rings. The molecule has 0 spiro atoms. The molecular weight excluding hydrogens is 477 g/mol. The maximum absolute atomic E-state index is 12.5. The number of carbonyl (C=O) groups is 1. The first-order valence-corrected chi connectivity index (χ1v) is 12.6. The standard InChI is InChI=1S/C19H24IN3O3S/c1-18(2,3)26-17(24)22-8-5-13-12(10-22)9-21-16-15(13)14(11-23(16)27-20)19(25)6-4-7-19/h9,11,25H,4-8,10H2,1-3H3. The summed E-state index contributed by atoms with van der Waals surface area (Å²) >= 11 is 2.24. The van der Waals surface area contributed by atoms with Gasteiger partial charge in [0.25, 0.3) is 0 Å². The molecule has 0 bridgehead atoms. The highest BCUT2D eigenvalue weighted by atomic mass is 127. The van der Waals surface area contributed by atoms with Crippen LogP contribution in [0.2, 0.25) is 0 Å². The van der Waals surface area contributed by atoms with Gasteiger partial charge in [0.2, 0.25) is 0 Å². The Labute approximate surface area is 175 Å². The fourth-order valence-electron chi connectivity index (χ4n) is 3.89. The number of amides is 1. The van der Waals surface area contributed by atoms with Gasteiger partial charge in [-0.3, -0.25) is 3.97 Å². The Morgan fingerprint density at radius 3 is 2.74 bits per heavy atom. The van der Waals surface area contributed by atoms with E-state index in [-0.39, 0.29) is 6.09 Å². The number of halogens is 1. The monoisotopic (exact) mass is 501 g/mol. The van der Waals surface area contributed by atoms with E-state index in [2.05, 4.69) is 26.2 Å². The number of hydrogen-bond donors (Lipinski definition) is 1. The normalized spacial score (nSPS) is 18.9. The summed E-state index contributed by atoms with van der Waals surface area (Å²) in [5.74, 6) is 0. The second-order valence-corrected chi connectivity index (χ2v) is 10.1. The summed E-state index contributed by atoms with van der Waals surface area (Å²) < 4.78 is 7.55. The number of hydrogen-bond acceptors (Lipinski definition) is 5. The van der Waals surface area contributed by atoms with Crippen molar-refractivity contribution in [2.24, 2.45) is 0 Å². The van der Waals surface area contributed by atoms with E-state index in [0.29, 0.717) is 13.1 Å². The number of rotatable bonds is 2. The van der Waals surface area contributed by atoms with Crippen molar-refractivity contribution in [2.75, 3.05) is 6.54 Å². The van der Waals surface area contributed by atoms with Gasteiger partial charge in [-0.25, -0.2) is 9.78 Å². The van der Waals surface area contributed by atoms with E-state index in [9.17, 15) is 9.90 Å². The predicted molar refractivity (Wildman–Crippen MR) is 115 cm³/mol. The maximum atomic E-state index is 12.5. The maximum Gasteiger partial charge on any atom is 0.410 e. The van der Waals surface area contributed by atoms with Crippen LogP contribution in [0.25, 0.3) is 11.0 Å². The zero-order valence-electron chi connectivity index (χ0n) is 15.8. The summed E-state index contributed by atoms with van der Waals surface area (Å²) in [6.07, 6.45) is 7.01. The highest BCUT2D eigenvalue weighted by Gasteiger charge is 2.40. The third-order valence-corrected chi connectivity index (χ3v) is 7.08. The van der Waals surface area contributed by atoms with Crippen LogP contribution in [0, 0.1) is 0 Å². The lowest BCUT2D eigenvalue weighted by Crippen LogP contribution is -2.40. The molecule has 1 aliphatic heterocycles. The lowest BCUT2D eigenvalue weighted by molar-refractivity contribution is -0.0375. The molecule has 0 aromatic carbocycles. The van der Waals surface area contributed by atoms with E-state index in [1.54, 1.807) is 14.0 Å². The smallest absolute Gasteiger partial charge is 0.410 e. The van der Waals surface area contributed by atoms with Crippen molar-refractivity contribution in [2.45, 2.75) is 64.2 Å². The molecule has 0 saturated heterocycles. The van der Waals surface area contributed by atoms with Crippen molar-refractivity contribution in [3.05, 3.63) is 29.1 Å². The molecule has 1 N–H and O–H groups in total. The Morgan fingerprint density at radius 2 is 2.15 bits per heavy atom. The molecule has 2 aromatic heterocycles. The van der Waals surface area contributed by atoms with Crippen LogP contribution in [0.4, 0.5) is 4.79 Å². The SMILES string of the molecule is CC(C)(C)OC(=O)N1CCc2c(cnc3c2c(C2(O)CCC2)cn3SI)C1. The Kier molecular flexibility index (Phi) is 4.87. The molecule has 1 amide bonds. The number of pyridine rings is 1. The summed E-state index contributed by atoms with van der Waals surface area (Å²) in [4.78, 5) is 18.9. The molecule has 0 unspecified atom stereocenters. The third kappa shape index (κ3) is 3.44. The van der Waals surface area contributed by atoms with Crippen LogP contribution in [-0.4, -0.2) is 37.2 Å². The van der Waals surface area contributed by atoms with Crippen molar-refractivity contribution in [3.63, 3.8) is 0 Å². The Bertz CT molecular complexity index is 902. The average molecular weight is 501 g/mol. The van der Waals surface area contributed by atoms with Gasteiger partial charge in [-0.15, -0.1) is 0 Å². The third-order valence-electron chi connectivity index (χ3n) is 5.38. The van der Waals surface area contributed by atoms with Crippen LogP contribution < -0.4 is 0 Å². The van der Waals surface area contributed by atoms with Crippen molar-refractivity contribution in [1.29, 1.82) is 0 Å². The minimum absolute atomic E-state index is 0.286. The summed E-state index contributed by atoms with van der Waals surface area (Å²) in [5, 5.41) is 12.1. The van der Waals surface area contributed by atoms with Crippen LogP contribution in [0.3, 0.4) is 0 Å². The van der Waals surface area contributed by atoms with Crippen LogP contribution in [0.5, 0.6) is 0 Å². The number of aliphatic hydroxyl groups is 1. The van der Waals surface area contributed by atoms with E-state index < -0.39 is 11.2 Å². The van der Waals surface area contributed by atoms with Crippen molar-refractivity contribution in [3.8, 4) is 0 Å². The molecule has 146 valence electrons. The molecule has 3 heterocycles. The Balaban J connectivity index is 1.73. The molecule has 27 heavy (non-hydrogen) atoms. The number of carbonyl (C=O) groups excluding carboxylic acids is 1. The second-order valence-electron chi connectivity index (χ2n) is 8.44. The van der Waals surface area contributed by atoms with Gasteiger partial charge in [-0.2, -0.15) is 0 Å². The first-order chi connectivity index (χ1) is 12.7. The Morgan fingerprint density at radius 1 is 1.41 bits per heavy atom. The fourth-order valence-corrected chi connectivity index (χ4v) is 5.14. The van der Waals surface area contributed by atoms with Gasteiger partial charge < -0.3 is 14.7 Å². The highest BCUT2D eigenvalue weighted by molar-refractivity contribution is 14.2. The molecule has 8 heteroatoms. The van der Waals surface area contributed by atoms with E-state index in [1.807, 2.05) is 37.1 Å². The summed E-state index contributed by atoms with van der Waals surface area (Å²) in [7, 11) is 1.56. The van der Waals surface area contributed by atoms with E-state index in [1.165, 1.54) is 5.56 Å². The lowest BCUT2D eigenvalue weighted by atomic mass is 9.74. The molecule has 0 radical (unpaired) electrons. The summed E-state index contributed by atoms with van der Waals surface area (Å²) in [6, 6.07) is 0. The van der Waals surface area contributed by atoms with Crippen LogP contribution in [-0.2, 0) is 23.3 Å². The number of fused-ring (bicyclic) bond motifs is 3. The van der Waals surface area contributed by atoms with Gasteiger partial charge in [0.15, 0.2) is 5.65 Å². The van der Waals surface area contributed by atoms with Gasteiger partial charge in [-0.05, 0) is 57.6 Å². The number of aromatic nitrogens is 2. The van der Waals surface area contributed by atoms with Crippen LogP contribution in [0.1, 0.15) is 56.7 Å². The van der Waals surface area contributed by atoms with Gasteiger partial charge in [0, 0.05) is 60.2 Å². The second kappa shape index (κ2) is 6.81. The van der Waals surface area contributed by atoms with Crippen molar-refractivity contribution < 1.29 is 14.6 Å². The fraction of sp³-hybridized carbons (Fsp3) is 0.579. The molecular formula is C19H24IN3O3S. The number of nitrogens with zero attached hydrogens (tertiary/aromatic N) is 3. The average Bonchev–Trinajstić information content (AvgIpc) is 2.97. The minimum atomic E-state index is -0.741. The van der Waals surface area contributed by atoms with Crippen LogP contribution >= 0.6 is 30.3 Å². The van der Waals surface area contributed by atoms with Gasteiger partial charge in [-0.1, -0.05) is 0 Å². The van der Waals surface area contributed by atoms with E-state index >= 15 is 0 Å².